The van der Waals surface area contributed by atoms with Crippen LogP contribution in [0.2, 0.25) is 0 Å². The van der Waals surface area contributed by atoms with Gasteiger partial charge in [-0.3, -0.25) is 0 Å². The highest BCUT2D eigenvalue weighted by molar-refractivity contribution is 5.62. The molecule has 0 radical (unpaired) electrons. The van der Waals surface area contributed by atoms with E-state index >= 15 is 0 Å². The number of benzene rings is 1. The summed E-state index contributed by atoms with van der Waals surface area (Å²) in [4.78, 5) is 0. The van der Waals surface area contributed by atoms with Crippen LogP contribution >= 0.6 is 0 Å². The molecule has 5 N–H and O–H groups in total. The van der Waals surface area contributed by atoms with Crippen LogP contribution in [-0.2, 0) is 0 Å². The summed E-state index contributed by atoms with van der Waals surface area (Å²) in [6.07, 6.45) is 5.54. The lowest BCUT2D eigenvalue weighted by molar-refractivity contribution is 0.328. The van der Waals surface area contributed by atoms with Crippen LogP contribution in [-0.4, -0.2) is 25.5 Å². The first kappa shape index (κ1) is 19.6. The van der Waals surface area contributed by atoms with Gasteiger partial charge in [-0.15, -0.1) is 0 Å². The zero-order valence-electron chi connectivity index (χ0n) is 12.1. The molecule has 0 saturated heterocycles. The highest BCUT2D eigenvalue weighted by Gasteiger charge is 2.14. The highest BCUT2D eigenvalue weighted by atomic mass is 16.4. The molecule has 19 heavy (non-hydrogen) atoms. The SMILES string of the molecule is CC.CCCCCC.Oc1cc(O)c(O)c(O)c1O. The van der Waals surface area contributed by atoms with Crippen LogP contribution in [0.25, 0.3) is 0 Å². The van der Waals surface area contributed by atoms with Gasteiger partial charge in [-0.1, -0.05) is 53.4 Å². The molecule has 1 rings (SSSR count). The van der Waals surface area contributed by atoms with E-state index in [2.05, 4.69) is 13.8 Å². The van der Waals surface area contributed by atoms with Gasteiger partial charge in [0.1, 0.15) is 0 Å². The Kier molecular flexibility index (Phi) is 11.7. The van der Waals surface area contributed by atoms with Crippen LogP contribution in [0.15, 0.2) is 6.07 Å². The van der Waals surface area contributed by atoms with Gasteiger partial charge in [-0.05, 0) is 0 Å². The molecule has 0 heterocycles. The van der Waals surface area contributed by atoms with Gasteiger partial charge in [0.2, 0.25) is 17.2 Å². The first-order chi connectivity index (χ1) is 8.95. The largest absolute Gasteiger partial charge is 0.504 e. The Morgan fingerprint density at radius 1 is 0.684 bits per heavy atom. The Balaban J connectivity index is 0. The highest BCUT2D eigenvalue weighted by Crippen LogP contribution is 2.46. The number of unbranched alkanes of at least 4 members (excludes halogenated alkanes) is 3. The smallest absolute Gasteiger partial charge is 0.208 e. The molecule has 0 unspecified atom stereocenters. The molecule has 0 amide bonds. The molecule has 0 aliphatic heterocycles. The first-order valence-corrected chi connectivity index (χ1v) is 6.61. The fourth-order valence-electron chi connectivity index (χ4n) is 1.12. The third-order valence-electron chi connectivity index (χ3n) is 2.16. The van der Waals surface area contributed by atoms with E-state index in [1.807, 2.05) is 13.8 Å². The lowest BCUT2D eigenvalue weighted by Gasteiger charge is -2.03. The van der Waals surface area contributed by atoms with Gasteiger partial charge in [0.05, 0.1) is 0 Å². The van der Waals surface area contributed by atoms with E-state index in [1.54, 1.807) is 0 Å². The van der Waals surface area contributed by atoms with E-state index in [9.17, 15) is 0 Å². The molecule has 0 bridgehead atoms. The van der Waals surface area contributed by atoms with E-state index < -0.39 is 28.7 Å². The molecular weight excluding hydrogens is 248 g/mol. The van der Waals surface area contributed by atoms with Gasteiger partial charge >= 0.3 is 0 Å². The minimum atomic E-state index is -0.942. The molecule has 0 aliphatic rings. The third kappa shape index (κ3) is 7.28. The fourth-order valence-corrected chi connectivity index (χ4v) is 1.12. The fraction of sp³-hybridized carbons (Fsp3) is 0.571. The number of aromatic hydroxyl groups is 5. The van der Waals surface area contributed by atoms with Crippen molar-refractivity contribution in [2.24, 2.45) is 0 Å². The minimum Gasteiger partial charge on any atom is -0.504 e. The summed E-state index contributed by atoms with van der Waals surface area (Å²) in [6.45, 7) is 8.46. The van der Waals surface area contributed by atoms with Gasteiger partial charge in [-0.2, -0.15) is 0 Å². The van der Waals surface area contributed by atoms with Crippen LogP contribution in [0.5, 0.6) is 28.7 Å². The summed E-state index contributed by atoms with van der Waals surface area (Å²) in [5.74, 6) is -4.06. The maximum atomic E-state index is 8.75. The van der Waals surface area contributed by atoms with Gasteiger partial charge in [0.15, 0.2) is 11.5 Å². The van der Waals surface area contributed by atoms with E-state index in [0.717, 1.165) is 0 Å². The number of hydrogen-bond acceptors (Lipinski definition) is 5. The van der Waals surface area contributed by atoms with Crippen molar-refractivity contribution in [2.75, 3.05) is 0 Å². The molecule has 1 aromatic carbocycles. The van der Waals surface area contributed by atoms with Crippen molar-refractivity contribution in [1.82, 2.24) is 0 Å². The predicted molar refractivity (Wildman–Crippen MR) is 75.9 cm³/mol. The summed E-state index contributed by atoms with van der Waals surface area (Å²) < 4.78 is 0. The topological polar surface area (TPSA) is 101 Å². The summed E-state index contributed by atoms with van der Waals surface area (Å²) >= 11 is 0. The summed E-state index contributed by atoms with van der Waals surface area (Å²) in [5.41, 5.74) is 0. The molecular formula is C14H26O5. The van der Waals surface area contributed by atoms with Crippen molar-refractivity contribution in [3.05, 3.63) is 6.07 Å². The lowest BCUT2D eigenvalue weighted by atomic mass is 10.2. The van der Waals surface area contributed by atoms with Gasteiger partial charge < -0.3 is 25.5 Å². The van der Waals surface area contributed by atoms with E-state index in [1.165, 1.54) is 25.7 Å². The quantitative estimate of drug-likeness (QED) is 0.327. The van der Waals surface area contributed by atoms with E-state index in [4.69, 9.17) is 25.5 Å². The molecule has 0 aliphatic carbocycles. The summed E-state index contributed by atoms with van der Waals surface area (Å²) in [6, 6.07) is 0.713. The first-order valence-electron chi connectivity index (χ1n) is 6.61. The second-order valence-electron chi connectivity index (χ2n) is 3.67. The number of hydrogen-bond donors (Lipinski definition) is 5. The van der Waals surface area contributed by atoms with Crippen LogP contribution in [0.3, 0.4) is 0 Å². The number of phenols is 5. The van der Waals surface area contributed by atoms with Crippen molar-refractivity contribution in [1.29, 1.82) is 0 Å². The lowest BCUT2D eigenvalue weighted by Crippen LogP contribution is -1.74. The molecule has 0 aromatic heterocycles. The molecule has 5 nitrogen and oxygen atoms in total. The molecule has 1 aromatic rings. The predicted octanol–water partition coefficient (Wildman–Crippen LogP) is 3.83. The third-order valence-corrected chi connectivity index (χ3v) is 2.16. The Labute approximate surface area is 114 Å². The Morgan fingerprint density at radius 2 is 1.00 bits per heavy atom. The number of rotatable bonds is 3. The maximum Gasteiger partial charge on any atom is 0.208 e. The van der Waals surface area contributed by atoms with Crippen molar-refractivity contribution in [3.8, 4) is 28.7 Å². The van der Waals surface area contributed by atoms with Crippen LogP contribution in [0.1, 0.15) is 53.4 Å². The van der Waals surface area contributed by atoms with Crippen molar-refractivity contribution >= 4 is 0 Å². The van der Waals surface area contributed by atoms with Gasteiger partial charge in [0, 0.05) is 6.07 Å². The van der Waals surface area contributed by atoms with Crippen LogP contribution < -0.4 is 0 Å². The normalized spacial score (nSPS) is 8.84. The molecule has 0 saturated carbocycles. The Bertz CT molecular complexity index is 320. The second-order valence-corrected chi connectivity index (χ2v) is 3.67. The Hall–Kier alpha value is -1.78. The van der Waals surface area contributed by atoms with Crippen molar-refractivity contribution in [2.45, 2.75) is 53.4 Å². The van der Waals surface area contributed by atoms with Gasteiger partial charge in [0.25, 0.3) is 0 Å². The van der Waals surface area contributed by atoms with Crippen LogP contribution in [0.4, 0.5) is 0 Å². The second kappa shape index (κ2) is 11.3. The van der Waals surface area contributed by atoms with E-state index in [-0.39, 0.29) is 0 Å². The monoisotopic (exact) mass is 274 g/mol. The minimum absolute atomic E-state index is 0.696. The molecule has 0 atom stereocenters. The zero-order valence-corrected chi connectivity index (χ0v) is 12.1. The average molecular weight is 274 g/mol. The number of phenolic OH excluding ortho intramolecular Hbond substituents is 5. The Morgan fingerprint density at radius 3 is 1.26 bits per heavy atom. The molecule has 5 heteroatoms. The van der Waals surface area contributed by atoms with Crippen molar-refractivity contribution in [3.63, 3.8) is 0 Å². The summed E-state index contributed by atoms with van der Waals surface area (Å²) in [5, 5.41) is 43.7. The zero-order chi connectivity index (χ0) is 15.4. The standard InChI is InChI=1S/C6H6O5.C6H14.C2H6/c7-2-1-3(8)5(10)6(11)4(2)9;1-3-5-6-4-2;1-2/h1,7-11H;3-6H2,1-2H3;1-2H3. The molecule has 0 fully saturated rings. The average Bonchev–Trinajstić information content (AvgIpc) is 2.43. The van der Waals surface area contributed by atoms with E-state index in [0.29, 0.717) is 6.07 Å². The summed E-state index contributed by atoms with van der Waals surface area (Å²) in [7, 11) is 0. The van der Waals surface area contributed by atoms with Gasteiger partial charge in [-0.25, -0.2) is 0 Å². The molecule has 112 valence electrons. The van der Waals surface area contributed by atoms with Crippen molar-refractivity contribution < 1.29 is 25.5 Å². The molecule has 0 spiro atoms. The maximum absolute atomic E-state index is 8.75. The van der Waals surface area contributed by atoms with Crippen LogP contribution in [0, 0.1) is 0 Å².